The van der Waals surface area contributed by atoms with Gasteiger partial charge in [0.05, 0.1) is 12.3 Å². The molecule has 0 aliphatic rings. The molecule has 1 rings (SSSR count). The van der Waals surface area contributed by atoms with E-state index in [1.807, 2.05) is 44.2 Å². The first kappa shape index (κ1) is 26.0. The molecule has 0 bridgehead atoms. The molecule has 0 heterocycles. The summed E-state index contributed by atoms with van der Waals surface area (Å²) in [6.07, 6.45) is 0.280. The van der Waals surface area contributed by atoms with Crippen LogP contribution in [0.25, 0.3) is 0 Å². The number of para-hydroxylation sites is 1. The maximum atomic E-state index is 12.6. The maximum absolute atomic E-state index is 12.6. The number of hydrogen-bond acceptors (Lipinski definition) is 6. The van der Waals surface area contributed by atoms with Crippen LogP contribution in [0.4, 0.5) is 0 Å². The molecule has 0 unspecified atom stereocenters. The second-order valence-corrected chi connectivity index (χ2v) is 8.55. The minimum Gasteiger partial charge on any atom is -0.488 e. The Bertz CT molecular complexity index is 637. The molecule has 0 radical (unpaired) electrons. The molecule has 0 aliphatic heterocycles. The van der Waals surface area contributed by atoms with Crippen molar-refractivity contribution in [1.82, 2.24) is 0 Å². The van der Waals surface area contributed by atoms with Crippen molar-refractivity contribution in [2.24, 2.45) is 5.92 Å². The molecule has 0 spiro atoms. The molecular weight excluding hydrogens is 384 g/mol. The highest BCUT2D eigenvalue weighted by Crippen LogP contribution is 2.21. The third-order valence-corrected chi connectivity index (χ3v) is 4.37. The summed E-state index contributed by atoms with van der Waals surface area (Å²) in [5.74, 6) is -0.735. The van der Waals surface area contributed by atoms with Gasteiger partial charge in [0, 0.05) is 6.61 Å². The first-order valence-electron chi connectivity index (χ1n) is 10.8. The molecule has 170 valence electrons. The molecule has 6 nitrogen and oxygen atoms in total. The van der Waals surface area contributed by atoms with Crippen LogP contribution < -0.4 is 4.74 Å². The van der Waals surface area contributed by atoms with Crippen molar-refractivity contribution < 1.29 is 28.5 Å². The summed E-state index contributed by atoms with van der Waals surface area (Å²) >= 11 is 0. The third kappa shape index (κ3) is 9.61. The Morgan fingerprint density at radius 1 is 1.03 bits per heavy atom. The molecule has 4 atom stereocenters. The third-order valence-electron chi connectivity index (χ3n) is 4.37. The SMILES string of the molecule is CCCO[C@@H]([C@H](C)OC(=O)[C@H](C)CC(=O)OC(C)(C)C)[C@H](CC)Oc1ccccc1. The highest BCUT2D eigenvalue weighted by molar-refractivity contribution is 5.79. The van der Waals surface area contributed by atoms with Crippen LogP contribution in [0.2, 0.25) is 0 Å². The number of carbonyl (C=O) groups is 2. The van der Waals surface area contributed by atoms with E-state index in [0.29, 0.717) is 13.0 Å². The van der Waals surface area contributed by atoms with Gasteiger partial charge >= 0.3 is 11.9 Å². The predicted molar refractivity (Wildman–Crippen MR) is 116 cm³/mol. The van der Waals surface area contributed by atoms with Crippen LogP contribution >= 0.6 is 0 Å². The van der Waals surface area contributed by atoms with Gasteiger partial charge in [0.25, 0.3) is 0 Å². The molecule has 0 aliphatic carbocycles. The molecule has 0 saturated heterocycles. The first-order valence-corrected chi connectivity index (χ1v) is 10.8. The van der Waals surface area contributed by atoms with Crippen LogP contribution in [0, 0.1) is 5.92 Å². The second-order valence-electron chi connectivity index (χ2n) is 8.55. The summed E-state index contributed by atoms with van der Waals surface area (Å²) < 4.78 is 23.1. The number of ether oxygens (including phenoxy) is 4. The van der Waals surface area contributed by atoms with E-state index in [4.69, 9.17) is 18.9 Å². The van der Waals surface area contributed by atoms with Crippen molar-refractivity contribution in [3.8, 4) is 5.75 Å². The molecule has 1 aromatic rings. The predicted octanol–water partition coefficient (Wildman–Crippen LogP) is 4.94. The van der Waals surface area contributed by atoms with E-state index >= 15 is 0 Å². The molecule has 1 aromatic carbocycles. The maximum Gasteiger partial charge on any atom is 0.309 e. The van der Waals surface area contributed by atoms with Crippen LogP contribution in [0.1, 0.15) is 67.7 Å². The topological polar surface area (TPSA) is 71.1 Å². The fraction of sp³-hybridized carbons (Fsp3) is 0.667. The van der Waals surface area contributed by atoms with E-state index in [2.05, 4.69) is 0 Å². The molecule has 0 saturated carbocycles. The van der Waals surface area contributed by atoms with Crippen molar-refractivity contribution >= 4 is 11.9 Å². The fourth-order valence-electron chi connectivity index (χ4n) is 2.94. The average molecular weight is 423 g/mol. The summed E-state index contributed by atoms with van der Waals surface area (Å²) in [5, 5.41) is 0. The number of hydrogen-bond donors (Lipinski definition) is 0. The Morgan fingerprint density at radius 2 is 1.67 bits per heavy atom. The van der Waals surface area contributed by atoms with Gasteiger partial charge in [-0.05, 0) is 52.7 Å². The standard InChI is InChI=1S/C24H38O6/c1-8-15-27-22(20(9-2)29-19-13-11-10-12-14-19)18(4)28-23(26)17(3)16-21(25)30-24(5,6)7/h10-14,17-18,20,22H,8-9,15-16H2,1-7H3/t17-,18+,20+,22+/m1/s1. The number of rotatable bonds is 12. The van der Waals surface area contributed by atoms with Crippen LogP contribution in [0.3, 0.4) is 0 Å². The lowest BCUT2D eigenvalue weighted by molar-refractivity contribution is -0.170. The van der Waals surface area contributed by atoms with Gasteiger partial charge in [-0.25, -0.2) is 0 Å². The van der Waals surface area contributed by atoms with Crippen LogP contribution in [-0.2, 0) is 23.8 Å². The zero-order chi connectivity index (χ0) is 22.7. The Hall–Kier alpha value is -2.08. The minimum atomic E-state index is -0.607. The highest BCUT2D eigenvalue weighted by atomic mass is 16.6. The number of benzene rings is 1. The summed E-state index contributed by atoms with van der Waals surface area (Å²) in [5.41, 5.74) is -0.587. The van der Waals surface area contributed by atoms with Gasteiger partial charge in [0.1, 0.15) is 29.7 Å². The van der Waals surface area contributed by atoms with Crippen LogP contribution in [0.15, 0.2) is 30.3 Å². The summed E-state index contributed by atoms with van der Waals surface area (Å²) in [6.45, 7) is 13.4. The Labute approximate surface area is 181 Å². The summed E-state index contributed by atoms with van der Waals surface area (Å²) in [6, 6.07) is 9.52. The van der Waals surface area contributed by atoms with E-state index in [1.165, 1.54) is 0 Å². The lowest BCUT2D eigenvalue weighted by atomic mass is 10.0. The number of carbonyl (C=O) groups excluding carboxylic acids is 2. The van der Waals surface area contributed by atoms with Gasteiger partial charge in [-0.2, -0.15) is 0 Å². The Kier molecular flexibility index (Phi) is 10.9. The lowest BCUT2D eigenvalue weighted by Crippen LogP contribution is -2.44. The zero-order valence-corrected chi connectivity index (χ0v) is 19.5. The molecule has 0 N–H and O–H groups in total. The van der Waals surface area contributed by atoms with E-state index in [0.717, 1.165) is 12.2 Å². The minimum absolute atomic E-state index is 0.0268. The van der Waals surface area contributed by atoms with Crippen molar-refractivity contribution in [3.05, 3.63) is 30.3 Å². The highest BCUT2D eigenvalue weighted by Gasteiger charge is 2.32. The van der Waals surface area contributed by atoms with Crippen molar-refractivity contribution in [2.45, 2.75) is 91.6 Å². The lowest BCUT2D eigenvalue weighted by Gasteiger charge is -2.32. The van der Waals surface area contributed by atoms with E-state index < -0.39 is 35.7 Å². The summed E-state index contributed by atoms with van der Waals surface area (Å²) in [7, 11) is 0. The van der Waals surface area contributed by atoms with Gasteiger partial charge in [-0.15, -0.1) is 0 Å². The number of esters is 2. The quantitative estimate of drug-likeness (QED) is 0.444. The van der Waals surface area contributed by atoms with Crippen molar-refractivity contribution in [3.63, 3.8) is 0 Å². The van der Waals surface area contributed by atoms with Crippen LogP contribution in [0.5, 0.6) is 5.75 Å². The molecule has 6 heteroatoms. The molecule has 0 amide bonds. The van der Waals surface area contributed by atoms with Crippen molar-refractivity contribution in [2.75, 3.05) is 6.61 Å². The fourth-order valence-corrected chi connectivity index (χ4v) is 2.94. The first-order chi connectivity index (χ1) is 14.1. The van der Waals surface area contributed by atoms with Gasteiger partial charge in [-0.3, -0.25) is 9.59 Å². The van der Waals surface area contributed by atoms with Gasteiger partial charge in [0.2, 0.25) is 0 Å². The van der Waals surface area contributed by atoms with Gasteiger partial charge in [0.15, 0.2) is 0 Å². The average Bonchev–Trinajstić information content (AvgIpc) is 2.66. The summed E-state index contributed by atoms with van der Waals surface area (Å²) in [4.78, 5) is 24.6. The Balaban J connectivity index is 2.77. The van der Waals surface area contributed by atoms with Gasteiger partial charge < -0.3 is 18.9 Å². The molecular formula is C24H38O6. The van der Waals surface area contributed by atoms with Gasteiger partial charge in [-0.1, -0.05) is 39.0 Å². The van der Waals surface area contributed by atoms with Crippen molar-refractivity contribution in [1.29, 1.82) is 0 Å². The second kappa shape index (κ2) is 12.6. The molecule has 30 heavy (non-hydrogen) atoms. The van der Waals surface area contributed by atoms with Crippen LogP contribution in [-0.4, -0.2) is 42.5 Å². The normalized spacial score (nSPS) is 15.6. The molecule has 0 aromatic heterocycles. The zero-order valence-electron chi connectivity index (χ0n) is 19.5. The smallest absolute Gasteiger partial charge is 0.309 e. The Morgan fingerprint density at radius 3 is 2.20 bits per heavy atom. The van der Waals surface area contributed by atoms with E-state index in [1.54, 1.807) is 34.6 Å². The molecule has 0 fully saturated rings. The van der Waals surface area contributed by atoms with E-state index in [-0.39, 0.29) is 12.5 Å². The van der Waals surface area contributed by atoms with E-state index in [9.17, 15) is 9.59 Å². The monoisotopic (exact) mass is 422 g/mol. The largest absolute Gasteiger partial charge is 0.488 e.